The largest absolute Gasteiger partial charge is 0.491 e. The number of amides is 1. The molecule has 0 saturated carbocycles. The van der Waals surface area contributed by atoms with E-state index >= 15 is 0 Å². The number of carbonyl (C=O) groups excluding carboxylic acids is 1. The summed E-state index contributed by atoms with van der Waals surface area (Å²) in [6.45, 7) is 2.53. The molecular weight excluding hydrogens is 380 g/mol. The molecular formula is C23H26N4O3. The second kappa shape index (κ2) is 9.11. The van der Waals surface area contributed by atoms with Gasteiger partial charge in [0.1, 0.15) is 24.2 Å². The fourth-order valence-corrected chi connectivity index (χ4v) is 3.64. The number of hydrogen-bond donors (Lipinski definition) is 2. The number of aromatic nitrogens is 2. The van der Waals surface area contributed by atoms with E-state index in [1.54, 1.807) is 41.4 Å². The smallest absolute Gasteiger partial charge is 0.275 e. The fraction of sp³-hybridized carbons (Fsp3) is 0.304. The predicted molar refractivity (Wildman–Crippen MR) is 115 cm³/mol. The maximum Gasteiger partial charge on any atom is 0.275 e. The summed E-state index contributed by atoms with van der Waals surface area (Å²) < 4.78 is 7.48. The molecule has 1 atom stereocenters. The van der Waals surface area contributed by atoms with E-state index in [0.29, 0.717) is 23.7 Å². The highest BCUT2D eigenvalue weighted by molar-refractivity contribution is 6.02. The van der Waals surface area contributed by atoms with Crippen LogP contribution in [-0.2, 0) is 20.0 Å². The molecule has 30 heavy (non-hydrogen) atoms. The minimum absolute atomic E-state index is 0.190. The summed E-state index contributed by atoms with van der Waals surface area (Å²) in [7, 11) is 1.81. The van der Waals surface area contributed by atoms with Crippen LogP contribution < -0.4 is 10.1 Å². The van der Waals surface area contributed by atoms with Gasteiger partial charge >= 0.3 is 0 Å². The Morgan fingerprint density at radius 3 is 2.87 bits per heavy atom. The lowest BCUT2D eigenvalue weighted by molar-refractivity contribution is 0.0638. The number of aryl methyl sites for hydroxylation is 1. The normalized spacial score (nSPS) is 14.7. The van der Waals surface area contributed by atoms with Gasteiger partial charge in [0.05, 0.1) is 6.33 Å². The topological polar surface area (TPSA) is 79.6 Å². The van der Waals surface area contributed by atoms with Crippen LogP contribution in [0.3, 0.4) is 0 Å². The molecule has 3 aromatic rings. The SMILES string of the molecule is Cn1cnc(C(=O)Nc2cccc(OCC(O)CN3CCc4ccccc4C3)c2)c1. The highest BCUT2D eigenvalue weighted by Crippen LogP contribution is 2.20. The van der Waals surface area contributed by atoms with Crippen molar-refractivity contribution in [2.45, 2.75) is 19.1 Å². The van der Waals surface area contributed by atoms with Crippen molar-refractivity contribution in [2.24, 2.45) is 7.05 Å². The van der Waals surface area contributed by atoms with E-state index in [-0.39, 0.29) is 12.5 Å². The van der Waals surface area contributed by atoms with Gasteiger partial charge < -0.3 is 19.7 Å². The summed E-state index contributed by atoms with van der Waals surface area (Å²) in [5, 5.41) is 13.2. The molecule has 1 aromatic heterocycles. The van der Waals surface area contributed by atoms with Crippen molar-refractivity contribution in [3.05, 3.63) is 77.9 Å². The number of benzene rings is 2. The van der Waals surface area contributed by atoms with Crippen LogP contribution in [0.1, 0.15) is 21.6 Å². The number of anilines is 1. The molecule has 0 saturated heterocycles. The van der Waals surface area contributed by atoms with Gasteiger partial charge in [-0.25, -0.2) is 4.98 Å². The van der Waals surface area contributed by atoms with Gasteiger partial charge in [-0.1, -0.05) is 30.3 Å². The third-order valence-corrected chi connectivity index (χ3v) is 5.15. The number of imidazole rings is 1. The first-order valence-electron chi connectivity index (χ1n) is 10.1. The van der Waals surface area contributed by atoms with E-state index in [4.69, 9.17) is 4.74 Å². The van der Waals surface area contributed by atoms with E-state index < -0.39 is 6.10 Å². The fourth-order valence-electron chi connectivity index (χ4n) is 3.64. The first kappa shape index (κ1) is 20.1. The highest BCUT2D eigenvalue weighted by Gasteiger charge is 2.18. The molecule has 0 fully saturated rings. The molecule has 1 unspecified atom stereocenters. The van der Waals surface area contributed by atoms with Gasteiger partial charge in [-0.15, -0.1) is 0 Å². The first-order chi connectivity index (χ1) is 14.6. The quantitative estimate of drug-likeness (QED) is 0.630. The summed E-state index contributed by atoms with van der Waals surface area (Å²) in [6.07, 6.45) is 3.64. The van der Waals surface area contributed by atoms with Gasteiger partial charge in [0.25, 0.3) is 5.91 Å². The number of ether oxygens (including phenoxy) is 1. The van der Waals surface area contributed by atoms with Crippen molar-refractivity contribution in [1.82, 2.24) is 14.5 Å². The van der Waals surface area contributed by atoms with Crippen molar-refractivity contribution < 1.29 is 14.6 Å². The summed E-state index contributed by atoms with van der Waals surface area (Å²) in [6, 6.07) is 15.6. The number of rotatable bonds is 7. The Kier molecular flexibility index (Phi) is 6.11. The highest BCUT2D eigenvalue weighted by atomic mass is 16.5. The van der Waals surface area contributed by atoms with Gasteiger partial charge in [0, 0.05) is 44.6 Å². The van der Waals surface area contributed by atoms with Crippen LogP contribution in [0.5, 0.6) is 5.75 Å². The van der Waals surface area contributed by atoms with Crippen molar-refractivity contribution in [3.8, 4) is 5.75 Å². The molecule has 156 valence electrons. The molecule has 4 rings (SSSR count). The Morgan fingerprint density at radius 2 is 2.07 bits per heavy atom. The molecule has 1 aliphatic rings. The Labute approximate surface area is 175 Å². The third kappa shape index (κ3) is 5.06. The summed E-state index contributed by atoms with van der Waals surface area (Å²) in [5.74, 6) is 0.315. The lowest BCUT2D eigenvalue weighted by Crippen LogP contribution is -2.38. The second-order valence-corrected chi connectivity index (χ2v) is 7.62. The van der Waals surface area contributed by atoms with E-state index in [1.807, 2.05) is 7.05 Å². The molecule has 0 radical (unpaired) electrons. The molecule has 1 amide bonds. The molecule has 1 aliphatic heterocycles. The number of β-amino-alcohol motifs (C(OH)–C–C–N with tert-alkyl or cyclic N) is 1. The average Bonchev–Trinajstić information content (AvgIpc) is 3.19. The number of hydrogen-bond acceptors (Lipinski definition) is 5. The number of fused-ring (bicyclic) bond motifs is 1. The summed E-state index contributed by atoms with van der Waals surface area (Å²) >= 11 is 0. The number of aliphatic hydroxyl groups is 1. The zero-order chi connectivity index (χ0) is 20.9. The van der Waals surface area contributed by atoms with Gasteiger partial charge in [-0.05, 0) is 29.7 Å². The van der Waals surface area contributed by atoms with Crippen LogP contribution in [0.15, 0.2) is 61.1 Å². The number of carbonyl (C=O) groups is 1. The number of nitrogens with one attached hydrogen (secondary N) is 1. The standard InChI is InChI=1S/C23H26N4O3/c1-26-14-22(24-16-26)23(29)25-19-7-4-8-21(11-19)30-15-20(28)13-27-10-9-17-5-2-3-6-18(17)12-27/h2-8,11,14,16,20,28H,9-10,12-13,15H2,1H3,(H,25,29). The zero-order valence-electron chi connectivity index (χ0n) is 17.0. The van der Waals surface area contributed by atoms with Gasteiger partial charge in [0.15, 0.2) is 0 Å². The van der Waals surface area contributed by atoms with E-state index in [0.717, 1.165) is 19.5 Å². The van der Waals surface area contributed by atoms with Gasteiger partial charge in [-0.3, -0.25) is 9.69 Å². The van der Waals surface area contributed by atoms with Gasteiger partial charge in [-0.2, -0.15) is 0 Å². The Hall–Kier alpha value is -3.16. The van der Waals surface area contributed by atoms with Crippen molar-refractivity contribution >= 4 is 11.6 Å². The minimum atomic E-state index is -0.595. The van der Waals surface area contributed by atoms with Crippen LogP contribution >= 0.6 is 0 Å². The van der Waals surface area contributed by atoms with Crippen LogP contribution in [0.4, 0.5) is 5.69 Å². The molecule has 0 aliphatic carbocycles. The molecule has 0 bridgehead atoms. The summed E-state index contributed by atoms with van der Waals surface area (Å²) in [5.41, 5.74) is 3.69. The van der Waals surface area contributed by atoms with Crippen LogP contribution in [0.2, 0.25) is 0 Å². The average molecular weight is 406 g/mol. The molecule has 2 heterocycles. The lowest BCUT2D eigenvalue weighted by Gasteiger charge is -2.30. The van der Waals surface area contributed by atoms with E-state index in [2.05, 4.69) is 39.5 Å². The van der Waals surface area contributed by atoms with Crippen molar-refractivity contribution in [1.29, 1.82) is 0 Å². The predicted octanol–water partition coefficient (Wildman–Crippen LogP) is 2.47. The first-order valence-corrected chi connectivity index (χ1v) is 10.1. The summed E-state index contributed by atoms with van der Waals surface area (Å²) in [4.78, 5) is 18.5. The molecule has 7 heteroatoms. The Morgan fingerprint density at radius 1 is 1.23 bits per heavy atom. The van der Waals surface area contributed by atoms with Crippen molar-refractivity contribution in [3.63, 3.8) is 0 Å². The Balaban J connectivity index is 1.27. The number of nitrogens with zero attached hydrogens (tertiary/aromatic N) is 3. The van der Waals surface area contributed by atoms with E-state index in [1.165, 1.54) is 11.1 Å². The third-order valence-electron chi connectivity index (χ3n) is 5.15. The lowest BCUT2D eigenvalue weighted by atomic mass is 10.00. The maximum absolute atomic E-state index is 12.2. The van der Waals surface area contributed by atoms with Crippen LogP contribution in [0.25, 0.3) is 0 Å². The van der Waals surface area contributed by atoms with Crippen LogP contribution in [0, 0.1) is 0 Å². The van der Waals surface area contributed by atoms with E-state index in [9.17, 15) is 9.90 Å². The molecule has 7 nitrogen and oxygen atoms in total. The maximum atomic E-state index is 12.2. The van der Waals surface area contributed by atoms with Crippen LogP contribution in [-0.4, -0.2) is 51.3 Å². The van der Waals surface area contributed by atoms with Gasteiger partial charge in [0.2, 0.25) is 0 Å². The van der Waals surface area contributed by atoms with Crippen molar-refractivity contribution in [2.75, 3.05) is 25.0 Å². The molecule has 2 aromatic carbocycles. The molecule has 2 N–H and O–H groups in total. The minimum Gasteiger partial charge on any atom is -0.491 e. The molecule has 0 spiro atoms. The Bertz CT molecular complexity index is 1020. The second-order valence-electron chi connectivity index (χ2n) is 7.62. The monoisotopic (exact) mass is 406 g/mol. The number of aliphatic hydroxyl groups excluding tert-OH is 1. The zero-order valence-corrected chi connectivity index (χ0v) is 17.0.